The van der Waals surface area contributed by atoms with E-state index in [1.54, 1.807) is 0 Å². The highest BCUT2D eigenvalue weighted by Gasteiger charge is 2.35. The minimum absolute atomic E-state index is 0.00403. The first-order valence-corrected chi connectivity index (χ1v) is 15.6. The number of aliphatic hydroxyl groups excluding tert-OH is 1. The van der Waals surface area contributed by atoms with Gasteiger partial charge in [0, 0.05) is 25.6 Å². The number of nitrogens with one attached hydrogen (secondary N) is 1. The number of benzene rings is 2. The van der Waals surface area contributed by atoms with Crippen molar-refractivity contribution in [1.29, 1.82) is 5.26 Å². The van der Waals surface area contributed by atoms with Gasteiger partial charge in [-0.05, 0) is 53.4 Å². The molecule has 0 bridgehead atoms. The van der Waals surface area contributed by atoms with Crippen LogP contribution in [0.3, 0.4) is 0 Å². The van der Waals surface area contributed by atoms with Crippen LogP contribution in [0.4, 0.5) is 4.79 Å². The van der Waals surface area contributed by atoms with Crippen LogP contribution in [0, 0.1) is 16.7 Å². The van der Waals surface area contributed by atoms with Crippen LogP contribution in [0.25, 0.3) is 0 Å². The number of rotatable bonds is 14. The molecule has 1 heterocycles. The van der Waals surface area contributed by atoms with Gasteiger partial charge in [0.1, 0.15) is 0 Å². The first-order chi connectivity index (χ1) is 19.6. The zero-order valence-corrected chi connectivity index (χ0v) is 25.9. The second-order valence-electron chi connectivity index (χ2n) is 12.6. The molecule has 3 N–H and O–H groups in total. The molecule has 2 aromatic carbocycles. The summed E-state index contributed by atoms with van der Waals surface area (Å²) in [4.78, 5) is 11.7. The largest absolute Gasteiger partial charge is 0.465 e. The molecule has 42 heavy (non-hydrogen) atoms. The van der Waals surface area contributed by atoms with Crippen molar-refractivity contribution in [3.8, 4) is 17.6 Å². The molecule has 230 valence electrons. The summed E-state index contributed by atoms with van der Waals surface area (Å²) in [6.07, 6.45) is 0.0460. The van der Waals surface area contributed by atoms with E-state index in [9.17, 15) is 23.4 Å². The Bertz CT molecular complexity index is 1380. The second kappa shape index (κ2) is 13.8. The van der Waals surface area contributed by atoms with Gasteiger partial charge in [-0.25, -0.2) is 13.2 Å². The van der Waals surface area contributed by atoms with E-state index in [0.717, 1.165) is 17.5 Å². The number of ether oxygens (including phenoxy) is 2. The number of carboxylic acid groups (broad SMARTS) is 1. The lowest BCUT2D eigenvalue weighted by Crippen LogP contribution is -2.51. The first-order valence-electron chi connectivity index (χ1n) is 14.2. The van der Waals surface area contributed by atoms with Gasteiger partial charge in [-0.3, -0.25) is 0 Å². The molecule has 1 aliphatic heterocycles. The monoisotopic (exact) mass is 601 g/mol. The molecular formula is C31H43N3O7S. The lowest BCUT2D eigenvalue weighted by molar-refractivity contribution is 0.0903. The Labute approximate surface area is 249 Å². The highest BCUT2D eigenvalue weighted by Crippen LogP contribution is 2.36. The smallest absolute Gasteiger partial charge is 0.404 e. The summed E-state index contributed by atoms with van der Waals surface area (Å²) in [5, 5.41) is 32.3. The van der Waals surface area contributed by atoms with E-state index >= 15 is 0 Å². The molecule has 2 atom stereocenters. The van der Waals surface area contributed by atoms with Gasteiger partial charge in [-0.1, -0.05) is 65.3 Å². The van der Waals surface area contributed by atoms with E-state index < -0.39 is 33.7 Å². The molecular weight excluding hydrogens is 558 g/mol. The number of unbranched alkanes of at least 4 members (excludes halogenated alkanes) is 2. The number of aliphatic hydroxyl groups is 1. The number of hydrogen-bond acceptors (Lipinski definition) is 7. The highest BCUT2D eigenvalue weighted by molar-refractivity contribution is 7.89. The molecule has 0 aromatic heterocycles. The predicted molar refractivity (Wildman–Crippen MR) is 159 cm³/mol. The van der Waals surface area contributed by atoms with Crippen LogP contribution in [0.1, 0.15) is 71.4 Å². The van der Waals surface area contributed by atoms with E-state index in [0.29, 0.717) is 30.8 Å². The minimum atomic E-state index is -4.14. The third kappa shape index (κ3) is 9.08. The number of amides is 1. The zero-order valence-electron chi connectivity index (χ0n) is 25.1. The topological polar surface area (TPSA) is 149 Å². The van der Waals surface area contributed by atoms with Gasteiger partial charge in [0.25, 0.3) is 0 Å². The van der Waals surface area contributed by atoms with Crippen LogP contribution in [0.2, 0.25) is 0 Å². The lowest BCUT2D eigenvalue weighted by Gasteiger charge is -2.35. The zero-order chi connectivity index (χ0) is 31.1. The van der Waals surface area contributed by atoms with E-state index in [4.69, 9.17) is 14.7 Å². The fourth-order valence-electron chi connectivity index (χ4n) is 4.99. The van der Waals surface area contributed by atoms with Crippen molar-refractivity contribution < 1.29 is 32.9 Å². The number of carbonyl (C=O) groups is 1. The summed E-state index contributed by atoms with van der Waals surface area (Å²) in [6, 6.07) is 13.3. The maximum absolute atomic E-state index is 14.0. The molecule has 0 fully saturated rings. The molecule has 1 aliphatic rings. The van der Waals surface area contributed by atoms with Gasteiger partial charge < -0.3 is 25.0 Å². The Morgan fingerprint density at radius 2 is 1.81 bits per heavy atom. The standard InChI is InChI=1S/C31H43N3O7S/c1-30(2,3)23-11-9-10-22(16-23)17-25(33-29(36)37)26(35)19-34(20-31(4,5)14-7-6-8-15-32)42(38,39)24-12-13-27-28(18-24)41-21-40-27/h9-13,16,18,25-26,33,35H,6-8,14,17,19-21H2,1-5H3,(H,36,37)/t25-,26+/m0/s1. The summed E-state index contributed by atoms with van der Waals surface area (Å²) in [7, 11) is -4.14. The molecule has 0 spiro atoms. The van der Waals surface area contributed by atoms with Crippen molar-refractivity contribution in [2.45, 2.75) is 89.2 Å². The fourth-order valence-corrected chi connectivity index (χ4v) is 6.66. The Hall–Kier alpha value is -3.33. The normalized spacial score (nSPS) is 14.8. The molecule has 0 saturated heterocycles. The summed E-state index contributed by atoms with van der Waals surface area (Å²) >= 11 is 0. The molecule has 0 unspecified atom stereocenters. The Balaban J connectivity index is 1.91. The molecule has 1 amide bonds. The minimum Gasteiger partial charge on any atom is -0.465 e. The van der Waals surface area contributed by atoms with Crippen molar-refractivity contribution in [2.24, 2.45) is 5.41 Å². The van der Waals surface area contributed by atoms with Gasteiger partial charge in [-0.15, -0.1) is 0 Å². The van der Waals surface area contributed by atoms with Gasteiger partial charge in [0.15, 0.2) is 11.5 Å². The Kier molecular flexibility index (Phi) is 10.9. The van der Waals surface area contributed by atoms with Gasteiger partial charge in [0.2, 0.25) is 16.8 Å². The van der Waals surface area contributed by atoms with Crippen molar-refractivity contribution in [1.82, 2.24) is 9.62 Å². The molecule has 0 aliphatic carbocycles. The SMILES string of the molecule is CC(C)(CCCCC#N)CN(C[C@@H](O)[C@H](Cc1cccc(C(C)(C)C)c1)NC(=O)O)S(=O)(=O)c1ccc2c(c1)OCO2. The predicted octanol–water partition coefficient (Wildman–Crippen LogP) is 5.05. The summed E-state index contributed by atoms with van der Waals surface area (Å²) in [5.41, 5.74) is 1.27. The van der Waals surface area contributed by atoms with Crippen molar-refractivity contribution in [3.63, 3.8) is 0 Å². The first kappa shape index (κ1) is 33.2. The number of nitriles is 1. The Morgan fingerprint density at radius 3 is 2.48 bits per heavy atom. The number of hydrogen-bond donors (Lipinski definition) is 3. The highest BCUT2D eigenvalue weighted by atomic mass is 32.2. The summed E-state index contributed by atoms with van der Waals surface area (Å²) < 4.78 is 40.0. The van der Waals surface area contributed by atoms with E-state index in [1.165, 1.54) is 22.5 Å². The quantitative estimate of drug-likeness (QED) is 0.255. The maximum atomic E-state index is 14.0. The average Bonchev–Trinajstić information content (AvgIpc) is 3.38. The lowest BCUT2D eigenvalue weighted by atomic mass is 9.85. The van der Waals surface area contributed by atoms with Crippen LogP contribution in [-0.4, -0.2) is 61.1 Å². The maximum Gasteiger partial charge on any atom is 0.404 e. The van der Waals surface area contributed by atoms with Crippen LogP contribution in [0.5, 0.6) is 11.5 Å². The van der Waals surface area contributed by atoms with Gasteiger partial charge >= 0.3 is 6.09 Å². The van der Waals surface area contributed by atoms with E-state index in [2.05, 4.69) is 32.2 Å². The van der Waals surface area contributed by atoms with Crippen LogP contribution >= 0.6 is 0 Å². The molecule has 3 rings (SSSR count). The molecule has 0 saturated carbocycles. The van der Waals surface area contributed by atoms with Crippen molar-refractivity contribution >= 4 is 16.1 Å². The van der Waals surface area contributed by atoms with Crippen molar-refractivity contribution in [2.75, 3.05) is 19.9 Å². The summed E-state index contributed by atoms with van der Waals surface area (Å²) in [6.45, 7) is 9.86. The van der Waals surface area contributed by atoms with Gasteiger partial charge in [0.05, 0.1) is 23.1 Å². The van der Waals surface area contributed by atoms with Crippen LogP contribution < -0.4 is 14.8 Å². The van der Waals surface area contributed by atoms with Gasteiger partial charge in [-0.2, -0.15) is 9.57 Å². The molecule has 0 radical (unpaired) electrons. The Morgan fingerprint density at radius 1 is 1.10 bits per heavy atom. The van der Waals surface area contributed by atoms with E-state index in [1.807, 2.05) is 38.1 Å². The van der Waals surface area contributed by atoms with Crippen molar-refractivity contribution in [3.05, 3.63) is 53.6 Å². The molecule has 2 aromatic rings. The fraction of sp³-hybridized carbons (Fsp3) is 0.548. The second-order valence-corrected chi connectivity index (χ2v) is 14.6. The number of sulfonamides is 1. The third-order valence-electron chi connectivity index (χ3n) is 7.39. The third-order valence-corrected chi connectivity index (χ3v) is 9.20. The number of fused-ring (bicyclic) bond motifs is 1. The molecule has 11 heteroatoms. The number of nitrogens with zero attached hydrogens (tertiary/aromatic N) is 2. The average molecular weight is 602 g/mol. The summed E-state index contributed by atoms with van der Waals surface area (Å²) in [5.74, 6) is 0.762. The van der Waals surface area contributed by atoms with E-state index in [-0.39, 0.29) is 36.6 Å². The van der Waals surface area contributed by atoms with Crippen LogP contribution in [-0.2, 0) is 21.9 Å². The molecule has 10 nitrogen and oxygen atoms in total. The van der Waals surface area contributed by atoms with Crippen LogP contribution in [0.15, 0.2) is 47.4 Å².